The minimum absolute atomic E-state index is 0.0915. The molecule has 0 aromatic rings. The summed E-state index contributed by atoms with van der Waals surface area (Å²) < 4.78 is 5.23. The summed E-state index contributed by atoms with van der Waals surface area (Å²) in [6.07, 6.45) is 24.2. The van der Waals surface area contributed by atoms with E-state index in [1.807, 2.05) is 6.08 Å². The number of rotatable bonds is 28. The molecule has 0 aliphatic rings. The molecular formula is C32H59NO6. The standard InChI is InChI=1S/C32H59NO6/c1-3-5-7-9-11-12-13-14-15-16-17-18-20-22-30(36)29(27-39-32(38)25-24-28(35)26-34)33-31(37)23-21-19-10-8-6-4-2/h20,22,29-30,34,36H,3-19,21,23-27H2,1-2H3,(H,33,37)/b22-20+. The number of aliphatic hydroxyl groups is 2. The normalized spacial score (nSPS) is 12.9. The molecule has 3 N–H and O–H groups in total. The van der Waals surface area contributed by atoms with Crippen molar-refractivity contribution in [1.29, 1.82) is 0 Å². The molecule has 1 amide bonds. The van der Waals surface area contributed by atoms with Gasteiger partial charge in [0.1, 0.15) is 13.2 Å². The molecule has 0 aliphatic heterocycles. The van der Waals surface area contributed by atoms with Crippen molar-refractivity contribution in [3.8, 4) is 0 Å². The lowest BCUT2D eigenvalue weighted by Crippen LogP contribution is -2.46. The molecule has 0 heterocycles. The van der Waals surface area contributed by atoms with Crippen LogP contribution in [0.25, 0.3) is 0 Å². The van der Waals surface area contributed by atoms with Gasteiger partial charge >= 0.3 is 5.97 Å². The molecule has 228 valence electrons. The number of ether oxygens (including phenoxy) is 1. The summed E-state index contributed by atoms with van der Waals surface area (Å²) in [7, 11) is 0. The summed E-state index contributed by atoms with van der Waals surface area (Å²) in [6, 6.07) is -0.747. The summed E-state index contributed by atoms with van der Waals surface area (Å²) in [4.78, 5) is 35.7. The van der Waals surface area contributed by atoms with Crippen molar-refractivity contribution in [1.82, 2.24) is 5.32 Å². The predicted molar refractivity (Wildman–Crippen MR) is 158 cm³/mol. The molecule has 7 heteroatoms. The molecule has 0 saturated heterocycles. The first-order chi connectivity index (χ1) is 18.9. The number of carbonyl (C=O) groups is 3. The lowest BCUT2D eigenvalue weighted by Gasteiger charge is -2.22. The van der Waals surface area contributed by atoms with Crippen LogP contribution in [0.3, 0.4) is 0 Å². The van der Waals surface area contributed by atoms with E-state index in [4.69, 9.17) is 9.84 Å². The summed E-state index contributed by atoms with van der Waals surface area (Å²) in [6.45, 7) is 3.64. The maximum atomic E-state index is 12.5. The lowest BCUT2D eigenvalue weighted by atomic mass is 10.0. The fraction of sp³-hybridized carbons (Fsp3) is 0.844. The Bertz CT molecular complexity index is 636. The molecule has 0 bridgehead atoms. The fourth-order valence-corrected chi connectivity index (χ4v) is 4.44. The number of ketones is 1. The second kappa shape index (κ2) is 27.8. The number of hydrogen-bond donors (Lipinski definition) is 3. The number of Topliss-reactive ketones (excluding diaryl/α,β-unsaturated/α-hetero) is 1. The number of amides is 1. The number of unbranched alkanes of at least 4 members (excludes halogenated alkanes) is 16. The minimum Gasteiger partial charge on any atom is -0.463 e. The third kappa shape index (κ3) is 25.0. The highest BCUT2D eigenvalue weighted by Gasteiger charge is 2.21. The van der Waals surface area contributed by atoms with E-state index in [9.17, 15) is 19.5 Å². The van der Waals surface area contributed by atoms with E-state index < -0.39 is 30.5 Å². The largest absolute Gasteiger partial charge is 0.463 e. The first kappa shape index (κ1) is 37.3. The molecule has 0 fully saturated rings. The van der Waals surface area contributed by atoms with Crippen LogP contribution in [0.15, 0.2) is 12.2 Å². The monoisotopic (exact) mass is 553 g/mol. The summed E-state index contributed by atoms with van der Waals surface area (Å²) >= 11 is 0. The number of allylic oxidation sites excluding steroid dienone is 1. The van der Waals surface area contributed by atoms with Crippen molar-refractivity contribution in [2.24, 2.45) is 0 Å². The van der Waals surface area contributed by atoms with Gasteiger partial charge < -0.3 is 20.3 Å². The number of carbonyl (C=O) groups excluding carboxylic acids is 3. The number of hydrogen-bond acceptors (Lipinski definition) is 6. The Labute approximate surface area is 238 Å². The number of esters is 1. The molecule has 7 nitrogen and oxygen atoms in total. The maximum Gasteiger partial charge on any atom is 0.306 e. The second-order valence-electron chi connectivity index (χ2n) is 10.8. The topological polar surface area (TPSA) is 113 Å². The molecule has 0 saturated carbocycles. The van der Waals surface area contributed by atoms with E-state index in [1.165, 1.54) is 83.5 Å². The molecule has 0 aromatic heterocycles. The van der Waals surface area contributed by atoms with Gasteiger partial charge in [0.15, 0.2) is 5.78 Å². The van der Waals surface area contributed by atoms with Crippen LogP contribution in [0.4, 0.5) is 0 Å². The summed E-state index contributed by atoms with van der Waals surface area (Å²) in [5, 5.41) is 22.3. The molecule has 39 heavy (non-hydrogen) atoms. The van der Waals surface area contributed by atoms with Crippen molar-refractivity contribution in [3.63, 3.8) is 0 Å². The Kier molecular flexibility index (Phi) is 26.6. The lowest BCUT2D eigenvalue weighted by molar-refractivity contribution is -0.147. The Hall–Kier alpha value is -1.73. The van der Waals surface area contributed by atoms with Crippen molar-refractivity contribution >= 4 is 17.7 Å². The smallest absolute Gasteiger partial charge is 0.306 e. The maximum absolute atomic E-state index is 12.5. The third-order valence-electron chi connectivity index (χ3n) is 7.03. The van der Waals surface area contributed by atoms with E-state index in [2.05, 4.69) is 19.2 Å². The number of aliphatic hydroxyl groups excluding tert-OH is 2. The minimum atomic E-state index is -0.974. The van der Waals surface area contributed by atoms with Crippen LogP contribution in [0.5, 0.6) is 0 Å². The second-order valence-corrected chi connectivity index (χ2v) is 10.8. The zero-order chi connectivity index (χ0) is 29.0. The zero-order valence-electron chi connectivity index (χ0n) is 25.1. The zero-order valence-corrected chi connectivity index (χ0v) is 25.1. The first-order valence-electron chi connectivity index (χ1n) is 15.9. The van der Waals surface area contributed by atoms with E-state index in [0.717, 1.165) is 32.1 Å². The van der Waals surface area contributed by atoms with E-state index in [-0.39, 0.29) is 25.4 Å². The van der Waals surface area contributed by atoms with Gasteiger partial charge in [0.25, 0.3) is 0 Å². The van der Waals surface area contributed by atoms with Gasteiger partial charge in [-0.25, -0.2) is 0 Å². The summed E-state index contributed by atoms with van der Waals surface area (Å²) in [5.41, 5.74) is 0. The Morgan fingerprint density at radius 3 is 1.77 bits per heavy atom. The molecule has 2 atom stereocenters. The van der Waals surface area contributed by atoms with Gasteiger partial charge in [-0.15, -0.1) is 0 Å². The average molecular weight is 554 g/mol. The van der Waals surface area contributed by atoms with Crippen LogP contribution in [0, 0.1) is 0 Å². The quantitative estimate of drug-likeness (QED) is 0.0563. The van der Waals surface area contributed by atoms with Crippen molar-refractivity contribution in [2.45, 2.75) is 161 Å². The van der Waals surface area contributed by atoms with Crippen LogP contribution in [0.1, 0.15) is 149 Å². The van der Waals surface area contributed by atoms with Crippen LogP contribution < -0.4 is 5.32 Å². The highest BCUT2D eigenvalue weighted by atomic mass is 16.5. The Balaban J connectivity index is 4.40. The van der Waals surface area contributed by atoms with Gasteiger partial charge in [-0.3, -0.25) is 14.4 Å². The predicted octanol–water partition coefficient (Wildman–Crippen LogP) is 6.72. The van der Waals surface area contributed by atoms with Gasteiger partial charge in [-0.05, 0) is 19.3 Å². The molecule has 0 spiro atoms. The highest BCUT2D eigenvalue weighted by molar-refractivity contribution is 5.83. The van der Waals surface area contributed by atoms with Crippen molar-refractivity contribution < 1.29 is 29.3 Å². The van der Waals surface area contributed by atoms with Gasteiger partial charge in [-0.2, -0.15) is 0 Å². The van der Waals surface area contributed by atoms with Gasteiger partial charge in [0, 0.05) is 12.8 Å². The van der Waals surface area contributed by atoms with Gasteiger partial charge in [-0.1, -0.05) is 122 Å². The molecule has 0 aliphatic carbocycles. The van der Waals surface area contributed by atoms with Crippen molar-refractivity contribution in [2.75, 3.05) is 13.2 Å². The molecule has 0 radical (unpaired) electrons. The third-order valence-corrected chi connectivity index (χ3v) is 7.03. The van der Waals surface area contributed by atoms with E-state index in [1.54, 1.807) is 6.08 Å². The summed E-state index contributed by atoms with van der Waals surface area (Å²) in [5.74, 6) is -1.19. The average Bonchev–Trinajstić information content (AvgIpc) is 2.93. The van der Waals surface area contributed by atoms with Crippen molar-refractivity contribution in [3.05, 3.63) is 12.2 Å². The fourth-order valence-electron chi connectivity index (χ4n) is 4.44. The van der Waals surface area contributed by atoms with Crippen LogP contribution in [-0.2, 0) is 19.1 Å². The molecule has 2 unspecified atom stereocenters. The molecule has 0 rings (SSSR count). The van der Waals surface area contributed by atoms with Gasteiger partial charge in [0.05, 0.1) is 18.6 Å². The van der Waals surface area contributed by atoms with Crippen LogP contribution >= 0.6 is 0 Å². The number of nitrogens with one attached hydrogen (secondary N) is 1. The van der Waals surface area contributed by atoms with Gasteiger partial charge in [0.2, 0.25) is 5.91 Å². The first-order valence-corrected chi connectivity index (χ1v) is 15.9. The highest BCUT2D eigenvalue weighted by Crippen LogP contribution is 2.13. The molecule has 0 aromatic carbocycles. The van der Waals surface area contributed by atoms with E-state index in [0.29, 0.717) is 6.42 Å². The Morgan fingerprint density at radius 1 is 0.718 bits per heavy atom. The van der Waals surface area contributed by atoms with E-state index >= 15 is 0 Å². The van der Waals surface area contributed by atoms with Crippen LogP contribution in [0.2, 0.25) is 0 Å². The Morgan fingerprint density at radius 2 is 1.23 bits per heavy atom. The van der Waals surface area contributed by atoms with Crippen LogP contribution in [-0.4, -0.2) is 53.2 Å². The molecular weight excluding hydrogens is 494 g/mol. The SMILES string of the molecule is CCCCCCCCCCCCC/C=C/C(O)C(COC(=O)CCC(=O)CO)NC(=O)CCCCCCCC.